The second-order valence-electron chi connectivity index (χ2n) is 5.32. The quantitative estimate of drug-likeness (QED) is 0.526. The lowest BCUT2D eigenvalue weighted by Gasteiger charge is -2.40. The summed E-state index contributed by atoms with van der Waals surface area (Å²) in [5.41, 5.74) is -0.488. The minimum Gasteiger partial charge on any atom is -0.450 e. The van der Waals surface area contributed by atoms with Crippen molar-refractivity contribution in [2.75, 3.05) is 0 Å². The minimum absolute atomic E-state index is 0.252. The highest BCUT2D eigenvalue weighted by Crippen LogP contribution is 2.45. The number of aromatic nitrogens is 1. The van der Waals surface area contributed by atoms with Crippen molar-refractivity contribution in [3.05, 3.63) is 23.5 Å². The molecule has 2 atom stereocenters. The highest BCUT2D eigenvalue weighted by molar-refractivity contribution is 14.2. The first-order chi connectivity index (χ1) is 9.69. The molecule has 2 unspecified atom stereocenters. The summed E-state index contributed by atoms with van der Waals surface area (Å²) < 4.78 is 46.9. The van der Waals surface area contributed by atoms with E-state index >= 15 is 0 Å². The number of hydrogen-bond donors (Lipinski definition) is 0. The summed E-state index contributed by atoms with van der Waals surface area (Å²) >= 11 is 2.09. The van der Waals surface area contributed by atoms with Crippen molar-refractivity contribution in [1.29, 1.82) is 0 Å². The summed E-state index contributed by atoms with van der Waals surface area (Å²) in [4.78, 5) is 11.1. The molecule has 0 spiro atoms. The van der Waals surface area contributed by atoms with Crippen molar-refractivity contribution < 1.29 is 22.7 Å². The Morgan fingerprint density at radius 2 is 2.19 bits per heavy atom. The molecular formula is C13H15F3INO2S. The fraction of sp³-hybridized carbons (Fsp3) is 0.615. The van der Waals surface area contributed by atoms with Crippen LogP contribution >= 0.6 is 30.3 Å². The molecule has 0 saturated carbocycles. The van der Waals surface area contributed by atoms with Gasteiger partial charge in [-0.1, -0.05) is 0 Å². The Kier molecular flexibility index (Phi) is 4.87. The van der Waals surface area contributed by atoms with E-state index in [-0.39, 0.29) is 6.42 Å². The topological polar surface area (TPSA) is 31.2 Å². The predicted molar refractivity (Wildman–Crippen MR) is 83.2 cm³/mol. The Balaban J connectivity index is 2.33. The van der Waals surface area contributed by atoms with Crippen LogP contribution in [0, 0.1) is 5.92 Å². The first-order valence-electron chi connectivity index (χ1n) is 6.43. The molecule has 21 heavy (non-hydrogen) atoms. The number of ether oxygens (including phenoxy) is 1. The first kappa shape index (κ1) is 17.0. The lowest BCUT2D eigenvalue weighted by molar-refractivity contribution is -0.281. The van der Waals surface area contributed by atoms with Gasteiger partial charge in [-0.05, 0) is 37.8 Å². The van der Waals surface area contributed by atoms with E-state index in [9.17, 15) is 18.0 Å². The Morgan fingerprint density at radius 1 is 1.52 bits per heavy atom. The van der Waals surface area contributed by atoms with Gasteiger partial charge in [0.1, 0.15) is 0 Å². The number of carbonyl (C=O) groups is 1. The molecule has 0 amide bonds. The molecule has 0 fully saturated rings. The van der Waals surface area contributed by atoms with Crippen LogP contribution in [-0.4, -0.2) is 21.7 Å². The number of aryl methyl sites for hydroxylation is 1. The van der Waals surface area contributed by atoms with Crippen molar-refractivity contribution in [2.45, 2.75) is 44.9 Å². The van der Waals surface area contributed by atoms with Gasteiger partial charge in [0.15, 0.2) is 0 Å². The average Bonchev–Trinajstić information content (AvgIpc) is 2.78. The van der Waals surface area contributed by atoms with Crippen LogP contribution in [0.15, 0.2) is 12.3 Å². The highest BCUT2D eigenvalue weighted by atomic mass is 127. The monoisotopic (exact) mass is 433 g/mol. The van der Waals surface area contributed by atoms with Gasteiger partial charge in [0.05, 0.1) is 0 Å². The molecule has 1 heterocycles. The lowest BCUT2D eigenvalue weighted by Crippen LogP contribution is -2.53. The van der Waals surface area contributed by atoms with E-state index in [4.69, 9.17) is 4.74 Å². The normalized spacial score (nSPS) is 21.5. The van der Waals surface area contributed by atoms with E-state index in [1.807, 2.05) is 16.2 Å². The largest absolute Gasteiger partial charge is 0.450 e. The molecule has 0 bridgehead atoms. The van der Waals surface area contributed by atoms with Gasteiger partial charge in [-0.15, -0.1) is 0 Å². The smallest absolute Gasteiger partial charge is 0.428 e. The van der Waals surface area contributed by atoms with Crippen molar-refractivity contribution in [1.82, 2.24) is 3.97 Å². The van der Waals surface area contributed by atoms with Crippen LogP contribution in [0.4, 0.5) is 13.2 Å². The third-order valence-electron chi connectivity index (χ3n) is 4.02. The molecule has 0 aromatic carbocycles. The third kappa shape index (κ3) is 3.20. The highest BCUT2D eigenvalue weighted by Gasteiger charge is 2.59. The van der Waals surface area contributed by atoms with E-state index in [0.717, 1.165) is 25.1 Å². The van der Waals surface area contributed by atoms with Crippen molar-refractivity contribution in [2.24, 2.45) is 5.92 Å². The molecule has 2 rings (SSSR count). The van der Waals surface area contributed by atoms with Crippen LogP contribution in [-0.2, 0) is 22.4 Å². The summed E-state index contributed by atoms with van der Waals surface area (Å²) in [5, 5.41) is 0. The van der Waals surface area contributed by atoms with Crippen LogP contribution in [0.2, 0.25) is 0 Å². The molecule has 1 aromatic heterocycles. The van der Waals surface area contributed by atoms with Crippen molar-refractivity contribution in [3.8, 4) is 0 Å². The maximum atomic E-state index is 13.4. The summed E-state index contributed by atoms with van der Waals surface area (Å²) in [5.74, 6) is -1.68. The van der Waals surface area contributed by atoms with Gasteiger partial charge in [-0.25, -0.2) is 0 Å². The number of fused-ring (bicyclic) bond motifs is 1. The zero-order valence-electron chi connectivity index (χ0n) is 11.5. The third-order valence-corrected chi connectivity index (χ3v) is 5.79. The molecule has 1 aliphatic rings. The van der Waals surface area contributed by atoms with Gasteiger partial charge in [0.2, 0.25) is 5.60 Å². The fourth-order valence-corrected chi connectivity index (χ4v) is 4.29. The van der Waals surface area contributed by atoms with Gasteiger partial charge < -0.3 is 4.74 Å². The van der Waals surface area contributed by atoms with Crippen LogP contribution in [0.3, 0.4) is 0 Å². The lowest BCUT2D eigenvalue weighted by atomic mass is 9.76. The van der Waals surface area contributed by atoms with Gasteiger partial charge in [-0.3, -0.25) is 8.77 Å². The Hall–Kier alpha value is -0.380. The maximum absolute atomic E-state index is 13.4. The number of halogens is 4. The average molecular weight is 433 g/mol. The van der Waals surface area contributed by atoms with E-state index in [2.05, 4.69) is 21.2 Å². The van der Waals surface area contributed by atoms with Crippen molar-refractivity contribution >= 4 is 36.3 Å². The molecule has 0 radical (unpaired) electrons. The molecule has 118 valence electrons. The Bertz CT molecular complexity index is 533. The second-order valence-corrected chi connectivity index (χ2v) is 7.03. The minimum atomic E-state index is -4.59. The standard InChI is InChI=1S/C13H15F3INO2S/c1-8(19)20-12(2,13(14,15)16)10-4-3-9-5-6-18(21-17)11(9)7-10/h5-6,10H,3-4,7H2,1-2H3. The van der Waals surface area contributed by atoms with Gasteiger partial charge >= 0.3 is 12.1 Å². The van der Waals surface area contributed by atoms with Gasteiger partial charge in [0, 0.05) is 55.1 Å². The van der Waals surface area contributed by atoms with Crippen LogP contribution in [0.25, 0.3) is 0 Å². The number of nitrogens with zero attached hydrogens (tertiary/aromatic N) is 1. The zero-order chi connectivity index (χ0) is 15.8. The molecule has 1 aliphatic carbocycles. The summed E-state index contributed by atoms with van der Waals surface area (Å²) in [6.45, 7) is 2.00. The molecule has 3 nitrogen and oxygen atoms in total. The number of esters is 1. The fourth-order valence-electron chi connectivity index (χ4n) is 2.81. The number of hydrogen-bond acceptors (Lipinski definition) is 3. The first-order valence-corrected chi connectivity index (χ1v) is 9.75. The van der Waals surface area contributed by atoms with E-state index in [1.165, 1.54) is 9.12 Å². The molecule has 0 aliphatic heterocycles. The maximum Gasteiger partial charge on any atom is 0.428 e. The summed E-state index contributed by atoms with van der Waals surface area (Å²) in [7, 11) is 1.42. The number of rotatable bonds is 3. The molecule has 0 N–H and O–H groups in total. The van der Waals surface area contributed by atoms with Crippen LogP contribution in [0.5, 0.6) is 0 Å². The Morgan fingerprint density at radius 3 is 2.71 bits per heavy atom. The molecule has 0 saturated heterocycles. The summed E-state index contributed by atoms with van der Waals surface area (Å²) in [6.07, 6.45) is -1.55. The molecule has 1 aromatic rings. The zero-order valence-corrected chi connectivity index (χ0v) is 14.5. The summed E-state index contributed by atoms with van der Waals surface area (Å²) in [6, 6.07) is 1.94. The van der Waals surface area contributed by atoms with Crippen molar-refractivity contribution in [3.63, 3.8) is 0 Å². The van der Waals surface area contributed by atoms with Crippen LogP contribution < -0.4 is 0 Å². The van der Waals surface area contributed by atoms with E-state index in [0.29, 0.717) is 12.8 Å². The SMILES string of the molecule is CC(=O)OC(C)(C1CCc2ccn(SI)c2C1)C(F)(F)F. The Labute approximate surface area is 137 Å². The number of alkyl halides is 3. The predicted octanol–water partition coefficient (Wildman–Crippen LogP) is 4.32. The molecular weight excluding hydrogens is 418 g/mol. The van der Waals surface area contributed by atoms with Gasteiger partial charge in [-0.2, -0.15) is 13.2 Å². The molecule has 8 heteroatoms. The number of carbonyl (C=O) groups excluding carboxylic acids is 1. The second kappa shape index (κ2) is 6.02. The van der Waals surface area contributed by atoms with Crippen LogP contribution in [0.1, 0.15) is 31.5 Å². The van der Waals surface area contributed by atoms with E-state index in [1.54, 1.807) is 0 Å². The van der Waals surface area contributed by atoms with E-state index < -0.39 is 23.7 Å². The van der Waals surface area contributed by atoms with Gasteiger partial charge in [0.25, 0.3) is 0 Å².